The molecule has 1 aliphatic carbocycles. The van der Waals surface area contributed by atoms with E-state index in [0.717, 1.165) is 17.4 Å². The summed E-state index contributed by atoms with van der Waals surface area (Å²) in [4.78, 5) is 0. The molecule has 2 aliphatic rings. The van der Waals surface area contributed by atoms with Gasteiger partial charge in [-0.25, -0.2) is 0 Å². The second-order valence-corrected chi connectivity index (χ2v) is 5.89. The molecule has 1 saturated heterocycles. The van der Waals surface area contributed by atoms with E-state index in [0.29, 0.717) is 6.04 Å². The monoisotopic (exact) mass is 261 g/mol. The zero-order valence-corrected chi connectivity index (χ0v) is 11.4. The molecule has 0 amide bonds. The molecule has 0 radical (unpaired) electrons. The van der Waals surface area contributed by atoms with Crippen LogP contribution in [0.15, 0.2) is 35.9 Å². The van der Waals surface area contributed by atoms with Gasteiger partial charge >= 0.3 is 0 Å². The molecule has 18 heavy (non-hydrogen) atoms. The van der Waals surface area contributed by atoms with Crippen LogP contribution in [0.1, 0.15) is 31.2 Å². The van der Waals surface area contributed by atoms with Gasteiger partial charge < -0.3 is 5.32 Å². The SMILES string of the molecule is Clc1ccc(CC[C@@H]2NC[C@H]3CCCC=C32)cc1. The second kappa shape index (κ2) is 5.46. The van der Waals surface area contributed by atoms with Crippen molar-refractivity contribution >= 4 is 11.6 Å². The van der Waals surface area contributed by atoms with Gasteiger partial charge in [-0.15, -0.1) is 0 Å². The van der Waals surface area contributed by atoms with Gasteiger partial charge in [0, 0.05) is 17.6 Å². The van der Waals surface area contributed by atoms with Crippen molar-refractivity contribution in [3.63, 3.8) is 0 Å². The van der Waals surface area contributed by atoms with E-state index in [1.54, 1.807) is 5.57 Å². The maximum absolute atomic E-state index is 5.91. The molecule has 96 valence electrons. The zero-order valence-electron chi connectivity index (χ0n) is 10.7. The minimum atomic E-state index is 0.617. The van der Waals surface area contributed by atoms with Gasteiger partial charge in [-0.3, -0.25) is 0 Å². The third-order valence-corrected chi connectivity index (χ3v) is 4.51. The Labute approximate surface area is 114 Å². The van der Waals surface area contributed by atoms with Crippen LogP contribution in [0.3, 0.4) is 0 Å². The number of hydrogen-bond donors (Lipinski definition) is 1. The van der Waals surface area contributed by atoms with Crippen molar-refractivity contribution in [1.82, 2.24) is 5.32 Å². The Hall–Kier alpha value is -0.790. The van der Waals surface area contributed by atoms with Crippen LogP contribution in [-0.2, 0) is 6.42 Å². The highest BCUT2D eigenvalue weighted by atomic mass is 35.5. The molecule has 0 bridgehead atoms. The fourth-order valence-electron chi connectivity index (χ4n) is 3.25. The van der Waals surface area contributed by atoms with Crippen LogP contribution in [0.5, 0.6) is 0 Å². The molecule has 0 aromatic heterocycles. The highest BCUT2D eigenvalue weighted by Crippen LogP contribution is 2.32. The molecular formula is C16H20ClN. The van der Waals surface area contributed by atoms with Crippen molar-refractivity contribution in [1.29, 1.82) is 0 Å². The summed E-state index contributed by atoms with van der Waals surface area (Å²) in [6.07, 6.45) is 8.88. The fourth-order valence-corrected chi connectivity index (χ4v) is 3.37. The van der Waals surface area contributed by atoms with Crippen molar-refractivity contribution in [3.05, 3.63) is 46.5 Å². The first-order valence-electron chi connectivity index (χ1n) is 7.01. The van der Waals surface area contributed by atoms with Gasteiger partial charge in [0.15, 0.2) is 0 Å². The number of allylic oxidation sites excluding steroid dienone is 1. The average Bonchev–Trinajstić information content (AvgIpc) is 2.82. The van der Waals surface area contributed by atoms with E-state index >= 15 is 0 Å². The lowest BCUT2D eigenvalue weighted by Gasteiger charge is -2.20. The molecule has 1 N–H and O–H groups in total. The quantitative estimate of drug-likeness (QED) is 0.812. The van der Waals surface area contributed by atoms with E-state index in [9.17, 15) is 0 Å². The molecule has 0 spiro atoms. The largest absolute Gasteiger partial charge is 0.310 e. The van der Waals surface area contributed by atoms with Crippen molar-refractivity contribution in [2.45, 2.75) is 38.1 Å². The van der Waals surface area contributed by atoms with E-state index in [2.05, 4.69) is 23.5 Å². The number of aryl methyl sites for hydroxylation is 1. The molecular weight excluding hydrogens is 242 g/mol. The lowest BCUT2D eigenvalue weighted by molar-refractivity contribution is 0.546. The van der Waals surface area contributed by atoms with Crippen LogP contribution in [0.4, 0.5) is 0 Å². The molecule has 3 rings (SSSR count). The van der Waals surface area contributed by atoms with E-state index in [1.807, 2.05) is 12.1 Å². The minimum Gasteiger partial charge on any atom is -0.310 e. The normalized spacial score (nSPS) is 26.8. The summed E-state index contributed by atoms with van der Waals surface area (Å²) < 4.78 is 0. The second-order valence-electron chi connectivity index (χ2n) is 5.46. The first kappa shape index (κ1) is 12.3. The van der Waals surface area contributed by atoms with Crippen LogP contribution < -0.4 is 5.32 Å². The van der Waals surface area contributed by atoms with E-state index in [-0.39, 0.29) is 0 Å². The Balaban J connectivity index is 1.60. The molecule has 0 saturated carbocycles. The van der Waals surface area contributed by atoms with Gasteiger partial charge in [0.25, 0.3) is 0 Å². The predicted molar refractivity (Wildman–Crippen MR) is 77.0 cm³/mol. The van der Waals surface area contributed by atoms with E-state index < -0.39 is 0 Å². The molecule has 1 heterocycles. The summed E-state index contributed by atoms with van der Waals surface area (Å²) >= 11 is 5.91. The van der Waals surface area contributed by atoms with Gasteiger partial charge in [-0.2, -0.15) is 0 Å². The highest BCUT2D eigenvalue weighted by molar-refractivity contribution is 6.30. The van der Waals surface area contributed by atoms with Crippen LogP contribution in [0.2, 0.25) is 5.02 Å². The van der Waals surface area contributed by atoms with Crippen LogP contribution in [-0.4, -0.2) is 12.6 Å². The minimum absolute atomic E-state index is 0.617. The Bertz CT molecular complexity index is 435. The number of rotatable bonds is 3. The molecule has 1 aliphatic heterocycles. The van der Waals surface area contributed by atoms with E-state index in [4.69, 9.17) is 11.6 Å². The van der Waals surface area contributed by atoms with Crippen molar-refractivity contribution in [3.8, 4) is 0 Å². The number of halogens is 1. The van der Waals surface area contributed by atoms with Crippen molar-refractivity contribution in [2.24, 2.45) is 5.92 Å². The Morgan fingerprint density at radius 3 is 2.89 bits per heavy atom. The number of nitrogens with one attached hydrogen (secondary N) is 1. The van der Waals surface area contributed by atoms with Gasteiger partial charge in [0.05, 0.1) is 0 Å². The summed E-state index contributed by atoms with van der Waals surface area (Å²) in [5.74, 6) is 0.828. The molecule has 0 unspecified atom stereocenters. The maximum Gasteiger partial charge on any atom is 0.0406 e. The lowest BCUT2D eigenvalue weighted by Crippen LogP contribution is -2.23. The highest BCUT2D eigenvalue weighted by Gasteiger charge is 2.30. The molecule has 2 atom stereocenters. The van der Waals surface area contributed by atoms with E-state index in [1.165, 1.54) is 37.8 Å². The smallest absolute Gasteiger partial charge is 0.0406 e. The maximum atomic E-state index is 5.91. The Morgan fingerprint density at radius 1 is 1.22 bits per heavy atom. The van der Waals surface area contributed by atoms with Gasteiger partial charge in [-0.1, -0.05) is 35.4 Å². The van der Waals surface area contributed by atoms with Crippen LogP contribution >= 0.6 is 11.6 Å². The third kappa shape index (κ3) is 2.62. The number of fused-ring (bicyclic) bond motifs is 1. The third-order valence-electron chi connectivity index (χ3n) is 4.26. The Kier molecular flexibility index (Phi) is 3.72. The molecule has 1 fully saturated rings. The Morgan fingerprint density at radius 2 is 2.06 bits per heavy atom. The first-order chi connectivity index (χ1) is 8.83. The zero-order chi connectivity index (χ0) is 12.4. The van der Waals surface area contributed by atoms with Crippen LogP contribution in [0.25, 0.3) is 0 Å². The standard InChI is InChI=1S/C16H20ClN/c17-14-8-5-12(6-9-14)7-10-16-15-4-2-1-3-13(15)11-18-16/h4-6,8-9,13,16,18H,1-3,7,10-11H2/t13-,16+/m1/s1. The van der Waals surface area contributed by atoms with Gasteiger partial charge in [-0.05, 0) is 55.7 Å². The molecule has 1 aromatic carbocycles. The molecule has 2 heteroatoms. The summed E-state index contributed by atoms with van der Waals surface area (Å²) in [5.41, 5.74) is 3.08. The lowest BCUT2D eigenvalue weighted by atomic mass is 9.86. The fraction of sp³-hybridized carbons (Fsp3) is 0.500. The summed E-state index contributed by atoms with van der Waals surface area (Å²) in [7, 11) is 0. The average molecular weight is 262 g/mol. The van der Waals surface area contributed by atoms with Gasteiger partial charge in [0.1, 0.15) is 0 Å². The predicted octanol–water partition coefficient (Wildman–Crippen LogP) is 3.97. The van der Waals surface area contributed by atoms with Crippen molar-refractivity contribution < 1.29 is 0 Å². The first-order valence-corrected chi connectivity index (χ1v) is 7.38. The van der Waals surface area contributed by atoms with Crippen molar-refractivity contribution in [2.75, 3.05) is 6.54 Å². The van der Waals surface area contributed by atoms with Crippen LogP contribution in [0, 0.1) is 5.92 Å². The molecule has 1 nitrogen and oxygen atoms in total. The number of benzene rings is 1. The summed E-state index contributed by atoms with van der Waals surface area (Å²) in [5, 5.41) is 4.51. The van der Waals surface area contributed by atoms with Gasteiger partial charge in [0.2, 0.25) is 0 Å². The molecule has 1 aromatic rings. The summed E-state index contributed by atoms with van der Waals surface area (Å²) in [6.45, 7) is 1.19. The summed E-state index contributed by atoms with van der Waals surface area (Å²) in [6, 6.07) is 8.88. The topological polar surface area (TPSA) is 12.0 Å². The number of hydrogen-bond acceptors (Lipinski definition) is 1.